The fraction of sp³-hybridized carbons (Fsp3) is 0.500. The Morgan fingerprint density at radius 3 is 3.00 bits per heavy atom. The predicted octanol–water partition coefficient (Wildman–Crippen LogP) is 4.06. The molecule has 2 heterocycles. The van der Waals surface area contributed by atoms with Crippen LogP contribution in [-0.2, 0) is 4.74 Å². The van der Waals surface area contributed by atoms with Gasteiger partial charge in [0.1, 0.15) is 11.9 Å². The normalized spacial score (nSPS) is 27.2. The van der Waals surface area contributed by atoms with E-state index in [4.69, 9.17) is 9.15 Å². The van der Waals surface area contributed by atoms with E-state index in [9.17, 15) is 4.79 Å². The van der Waals surface area contributed by atoms with Gasteiger partial charge in [-0.3, -0.25) is 0 Å². The number of carbonyl (C=O) groups excluding carboxylic acids is 1. The number of rotatable bonds is 3. The molecule has 2 aromatic heterocycles. The Balaban J connectivity index is 1.52. The van der Waals surface area contributed by atoms with Crippen LogP contribution in [0.5, 0.6) is 0 Å². The van der Waals surface area contributed by atoms with Crippen molar-refractivity contribution in [1.82, 2.24) is 4.98 Å². The van der Waals surface area contributed by atoms with E-state index in [-0.39, 0.29) is 12.1 Å². The Bertz CT molecular complexity index is 661. The van der Waals surface area contributed by atoms with E-state index in [0.717, 1.165) is 17.2 Å². The maximum atomic E-state index is 12.3. The minimum absolute atomic E-state index is 0.0811. The van der Waals surface area contributed by atoms with Crippen molar-refractivity contribution in [2.24, 2.45) is 11.8 Å². The number of aromatic nitrogens is 1. The number of oxazole rings is 1. The Morgan fingerprint density at radius 1 is 1.43 bits per heavy atom. The molecule has 5 heteroatoms. The van der Waals surface area contributed by atoms with Crippen molar-refractivity contribution < 1.29 is 13.9 Å². The van der Waals surface area contributed by atoms with Gasteiger partial charge in [-0.25, -0.2) is 9.78 Å². The smallest absolute Gasteiger partial charge is 0.360 e. The molecule has 2 bridgehead atoms. The fourth-order valence-corrected chi connectivity index (χ4v) is 4.26. The molecule has 110 valence electrons. The number of hydrogen-bond acceptors (Lipinski definition) is 5. The number of esters is 1. The molecule has 0 aliphatic heterocycles. The Morgan fingerprint density at radius 2 is 2.33 bits per heavy atom. The molecule has 0 aromatic carbocycles. The van der Waals surface area contributed by atoms with Gasteiger partial charge in [-0.2, -0.15) is 0 Å². The lowest BCUT2D eigenvalue weighted by atomic mass is 9.98. The summed E-state index contributed by atoms with van der Waals surface area (Å²) in [6.45, 7) is 1.77. The van der Waals surface area contributed by atoms with Crippen molar-refractivity contribution in [3.63, 3.8) is 0 Å². The van der Waals surface area contributed by atoms with Crippen LogP contribution in [0.15, 0.2) is 21.9 Å². The maximum Gasteiger partial charge on any atom is 0.360 e. The quantitative estimate of drug-likeness (QED) is 0.802. The van der Waals surface area contributed by atoms with E-state index in [0.29, 0.717) is 23.3 Å². The number of fused-ring (bicyclic) bond motifs is 2. The van der Waals surface area contributed by atoms with Gasteiger partial charge < -0.3 is 9.15 Å². The monoisotopic (exact) mass is 303 g/mol. The third-order valence-electron chi connectivity index (χ3n) is 4.65. The highest BCUT2D eigenvalue weighted by Gasteiger charge is 2.42. The SMILES string of the molecule is Cc1oc(-c2cccs2)nc1C(=O)O[C@@H]1C[C@H]2CC[C@H]1C2. The standard InChI is InChI=1S/C16H17NO3S/c1-9-14(17-15(19-9)13-3-2-6-21-13)16(18)20-12-8-10-4-5-11(12)7-10/h2-3,6,10-12H,4-5,7-8H2,1H3/t10-,11-,12+/m0/s1. The summed E-state index contributed by atoms with van der Waals surface area (Å²) < 4.78 is 11.3. The van der Waals surface area contributed by atoms with Gasteiger partial charge >= 0.3 is 5.97 Å². The molecule has 4 nitrogen and oxygen atoms in total. The van der Waals surface area contributed by atoms with Crippen LogP contribution in [0.4, 0.5) is 0 Å². The second-order valence-corrected chi connectivity index (χ2v) is 6.97. The first kappa shape index (κ1) is 13.1. The summed E-state index contributed by atoms with van der Waals surface area (Å²) in [6.07, 6.45) is 4.81. The van der Waals surface area contributed by atoms with Crippen LogP contribution >= 0.6 is 11.3 Å². The van der Waals surface area contributed by atoms with E-state index < -0.39 is 0 Å². The molecule has 0 amide bonds. The predicted molar refractivity (Wildman–Crippen MR) is 79.2 cm³/mol. The van der Waals surface area contributed by atoms with E-state index >= 15 is 0 Å². The lowest BCUT2D eigenvalue weighted by Gasteiger charge is -2.21. The van der Waals surface area contributed by atoms with E-state index in [2.05, 4.69) is 4.98 Å². The molecule has 21 heavy (non-hydrogen) atoms. The highest BCUT2D eigenvalue weighted by atomic mass is 32.1. The molecule has 0 spiro atoms. The first-order valence-corrected chi connectivity index (χ1v) is 8.31. The molecule has 0 unspecified atom stereocenters. The zero-order valence-electron chi connectivity index (χ0n) is 11.9. The first-order valence-electron chi connectivity index (χ1n) is 7.43. The Hall–Kier alpha value is -1.62. The summed E-state index contributed by atoms with van der Waals surface area (Å²) in [5.41, 5.74) is 0.321. The summed E-state index contributed by atoms with van der Waals surface area (Å²) in [7, 11) is 0. The van der Waals surface area contributed by atoms with Crippen LogP contribution in [0.25, 0.3) is 10.8 Å². The lowest BCUT2D eigenvalue weighted by molar-refractivity contribution is 0.0151. The Labute approximate surface area is 127 Å². The summed E-state index contributed by atoms with van der Waals surface area (Å²) in [6, 6.07) is 3.87. The highest BCUT2D eigenvalue weighted by Crippen LogP contribution is 2.46. The van der Waals surface area contributed by atoms with Crippen LogP contribution in [0.3, 0.4) is 0 Å². The molecule has 0 N–H and O–H groups in total. The number of carbonyl (C=O) groups is 1. The van der Waals surface area contributed by atoms with Crippen LogP contribution in [0, 0.1) is 18.8 Å². The molecule has 2 saturated carbocycles. The van der Waals surface area contributed by atoms with Crippen molar-refractivity contribution in [3.8, 4) is 10.8 Å². The third kappa shape index (κ3) is 2.29. The molecule has 4 rings (SSSR count). The number of thiophene rings is 1. The first-order chi connectivity index (χ1) is 10.2. The van der Waals surface area contributed by atoms with Gasteiger partial charge in [-0.15, -0.1) is 11.3 Å². The van der Waals surface area contributed by atoms with Crippen molar-refractivity contribution in [1.29, 1.82) is 0 Å². The average Bonchev–Trinajstić information content (AvgIpc) is 3.22. The summed E-state index contributed by atoms with van der Waals surface area (Å²) in [5, 5.41) is 1.96. The second-order valence-electron chi connectivity index (χ2n) is 6.02. The van der Waals surface area contributed by atoms with Crippen LogP contribution in [0.1, 0.15) is 41.9 Å². The minimum atomic E-state index is -0.336. The number of ether oxygens (including phenoxy) is 1. The Kier molecular flexibility index (Phi) is 3.10. The molecule has 3 atom stereocenters. The fourth-order valence-electron chi connectivity index (χ4n) is 3.62. The van der Waals surface area contributed by atoms with Crippen molar-refractivity contribution in [2.75, 3.05) is 0 Å². The maximum absolute atomic E-state index is 12.3. The molecular weight excluding hydrogens is 286 g/mol. The van der Waals surface area contributed by atoms with Crippen molar-refractivity contribution in [2.45, 2.75) is 38.7 Å². The van der Waals surface area contributed by atoms with Crippen molar-refractivity contribution in [3.05, 3.63) is 29.0 Å². The highest BCUT2D eigenvalue weighted by molar-refractivity contribution is 7.13. The molecular formula is C16H17NO3S. The van der Waals surface area contributed by atoms with Crippen LogP contribution in [-0.4, -0.2) is 17.1 Å². The molecule has 2 aliphatic rings. The van der Waals surface area contributed by atoms with E-state index in [1.165, 1.54) is 19.3 Å². The topological polar surface area (TPSA) is 52.3 Å². The largest absolute Gasteiger partial charge is 0.457 e. The van der Waals surface area contributed by atoms with Gasteiger partial charge in [0.25, 0.3) is 0 Å². The van der Waals surface area contributed by atoms with Crippen LogP contribution < -0.4 is 0 Å². The second kappa shape index (κ2) is 4.98. The van der Waals surface area contributed by atoms with Gasteiger partial charge in [0.2, 0.25) is 5.89 Å². The lowest BCUT2D eigenvalue weighted by Crippen LogP contribution is -2.24. The molecule has 2 aliphatic carbocycles. The van der Waals surface area contributed by atoms with Gasteiger partial charge in [0.05, 0.1) is 4.88 Å². The molecule has 0 saturated heterocycles. The number of aryl methyl sites for hydroxylation is 1. The third-order valence-corrected chi connectivity index (χ3v) is 5.51. The van der Waals surface area contributed by atoms with Crippen LogP contribution in [0.2, 0.25) is 0 Å². The summed E-state index contributed by atoms with van der Waals surface area (Å²) in [4.78, 5) is 17.6. The average molecular weight is 303 g/mol. The summed E-state index contributed by atoms with van der Waals surface area (Å²) in [5.74, 6) is 2.02. The molecule has 2 fully saturated rings. The van der Waals surface area contributed by atoms with Gasteiger partial charge in [0, 0.05) is 0 Å². The van der Waals surface area contributed by atoms with E-state index in [1.807, 2.05) is 17.5 Å². The zero-order valence-corrected chi connectivity index (χ0v) is 12.7. The van der Waals surface area contributed by atoms with Gasteiger partial charge in [-0.1, -0.05) is 6.07 Å². The number of nitrogens with zero attached hydrogens (tertiary/aromatic N) is 1. The zero-order chi connectivity index (χ0) is 14.4. The minimum Gasteiger partial charge on any atom is -0.457 e. The summed E-state index contributed by atoms with van der Waals surface area (Å²) >= 11 is 1.54. The molecule has 0 radical (unpaired) electrons. The molecule has 2 aromatic rings. The number of hydrogen-bond donors (Lipinski definition) is 0. The van der Waals surface area contributed by atoms with Crippen molar-refractivity contribution >= 4 is 17.3 Å². The van der Waals surface area contributed by atoms with Gasteiger partial charge in [0.15, 0.2) is 5.69 Å². The van der Waals surface area contributed by atoms with Gasteiger partial charge in [-0.05, 0) is 55.9 Å². The van der Waals surface area contributed by atoms with E-state index in [1.54, 1.807) is 18.3 Å².